The zero-order valence-electron chi connectivity index (χ0n) is 12.9. The van der Waals surface area contributed by atoms with Crippen molar-refractivity contribution in [3.05, 3.63) is 47.0 Å². The smallest absolute Gasteiger partial charge is 0.00140 e. The predicted octanol–water partition coefficient (Wildman–Crippen LogP) is 4.03. The van der Waals surface area contributed by atoms with Crippen LogP contribution in [0.3, 0.4) is 0 Å². The van der Waals surface area contributed by atoms with Gasteiger partial charge in [-0.05, 0) is 79.5 Å². The highest BCUT2D eigenvalue weighted by molar-refractivity contribution is 5.37. The lowest BCUT2D eigenvalue weighted by atomic mass is 9.68. The van der Waals surface area contributed by atoms with Crippen LogP contribution < -0.4 is 5.73 Å². The fraction of sp³-hybridized carbons (Fsp3) is 0.579. The third-order valence-corrected chi connectivity index (χ3v) is 5.42. The van der Waals surface area contributed by atoms with E-state index in [4.69, 9.17) is 5.73 Å². The third kappa shape index (κ3) is 2.69. The van der Waals surface area contributed by atoms with Crippen LogP contribution in [-0.4, -0.2) is 6.54 Å². The molecule has 0 radical (unpaired) electrons. The van der Waals surface area contributed by atoms with Crippen molar-refractivity contribution in [1.82, 2.24) is 0 Å². The molecule has 108 valence electrons. The maximum absolute atomic E-state index is 5.79. The highest BCUT2D eigenvalue weighted by Crippen LogP contribution is 2.43. The van der Waals surface area contributed by atoms with Gasteiger partial charge in [0.25, 0.3) is 0 Å². The molecule has 3 unspecified atom stereocenters. The highest BCUT2D eigenvalue weighted by Gasteiger charge is 2.33. The molecule has 1 heteroatoms. The zero-order valence-corrected chi connectivity index (χ0v) is 12.9. The van der Waals surface area contributed by atoms with Gasteiger partial charge in [0, 0.05) is 0 Å². The Bertz CT molecular complexity index is 516. The number of hydrogen-bond acceptors (Lipinski definition) is 1. The van der Waals surface area contributed by atoms with E-state index < -0.39 is 0 Å². The van der Waals surface area contributed by atoms with Crippen LogP contribution in [0.5, 0.6) is 0 Å². The number of nitrogens with two attached hydrogens (primary N) is 1. The van der Waals surface area contributed by atoms with Gasteiger partial charge in [-0.2, -0.15) is 0 Å². The molecule has 2 aliphatic rings. The monoisotopic (exact) mass is 269 g/mol. The van der Waals surface area contributed by atoms with E-state index in [0.717, 1.165) is 12.5 Å². The van der Waals surface area contributed by atoms with Crippen LogP contribution in [0.25, 0.3) is 0 Å². The molecule has 3 rings (SSSR count). The maximum atomic E-state index is 5.79. The molecule has 1 aromatic carbocycles. The van der Waals surface area contributed by atoms with E-state index in [2.05, 4.69) is 44.2 Å². The van der Waals surface area contributed by atoms with Gasteiger partial charge in [0.2, 0.25) is 0 Å². The lowest BCUT2D eigenvalue weighted by Crippen LogP contribution is -2.28. The average molecular weight is 269 g/mol. The number of fused-ring (bicyclic) bond motifs is 1. The maximum Gasteiger partial charge on any atom is -0.00140 e. The second-order valence-corrected chi connectivity index (χ2v) is 7.28. The van der Waals surface area contributed by atoms with Crippen molar-refractivity contribution in [1.29, 1.82) is 0 Å². The molecule has 0 saturated carbocycles. The van der Waals surface area contributed by atoms with E-state index in [9.17, 15) is 0 Å². The first kappa shape index (κ1) is 13.9. The summed E-state index contributed by atoms with van der Waals surface area (Å²) in [6.45, 7) is 5.56. The molecule has 0 aromatic heterocycles. The van der Waals surface area contributed by atoms with Crippen molar-refractivity contribution in [3.63, 3.8) is 0 Å². The summed E-state index contributed by atoms with van der Waals surface area (Å²) in [5.41, 5.74) is 11.0. The van der Waals surface area contributed by atoms with E-state index in [1.54, 1.807) is 11.1 Å². The summed E-state index contributed by atoms with van der Waals surface area (Å²) in [6, 6.07) is 6.82. The molecule has 0 bridgehead atoms. The van der Waals surface area contributed by atoms with Gasteiger partial charge in [0.05, 0.1) is 0 Å². The largest absolute Gasteiger partial charge is 0.330 e. The third-order valence-electron chi connectivity index (χ3n) is 5.42. The Labute approximate surface area is 123 Å². The van der Waals surface area contributed by atoms with Gasteiger partial charge in [-0.3, -0.25) is 0 Å². The Morgan fingerprint density at radius 3 is 2.80 bits per heavy atom. The van der Waals surface area contributed by atoms with E-state index in [1.807, 2.05) is 0 Å². The van der Waals surface area contributed by atoms with Gasteiger partial charge in [-0.15, -0.1) is 0 Å². The Hall–Kier alpha value is -1.08. The molecular formula is C19H27N. The first-order valence-electron chi connectivity index (χ1n) is 8.05. The van der Waals surface area contributed by atoms with Gasteiger partial charge >= 0.3 is 0 Å². The van der Waals surface area contributed by atoms with Crippen molar-refractivity contribution >= 4 is 0 Å². The quantitative estimate of drug-likeness (QED) is 0.824. The number of rotatable bonds is 3. The van der Waals surface area contributed by atoms with Crippen LogP contribution >= 0.6 is 0 Å². The van der Waals surface area contributed by atoms with E-state index in [1.165, 1.54) is 37.7 Å². The first-order valence-corrected chi connectivity index (χ1v) is 8.05. The molecule has 0 heterocycles. The van der Waals surface area contributed by atoms with Crippen LogP contribution in [0.2, 0.25) is 0 Å². The summed E-state index contributed by atoms with van der Waals surface area (Å²) in [6.07, 6.45) is 11.2. The number of benzene rings is 1. The van der Waals surface area contributed by atoms with Crippen molar-refractivity contribution in [2.24, 2.45) is 23.0 Å². The molecule has 0 fully saturated rings. The summed E-state index contributed by atoms with van der Waals surface area (Å²) in [5.74, 6) is 1.38. The predicted molar refractivity (Wildman–Crippen MR) is 85.7 cm³/mol. The van der Waals surface area contributed by atoms with Crippen molar-refractivity contribution in [3.8, 4) is 0 Å². The summed E-state index contributed by atoms with van der Waals surface area (Å²) in [5, 5.41) is 0. The van der Waals surface area contributed by atoms with E-state index >= 15 is 0 Å². The Morgan fingerprint density at radius 2 is 2.05 bits per heavy atom. The van der Waals surface area contributed by atoms with Crippen LogP contribution in [-0.2, 0) is 12.8 Å². The topological polar surface area (TPSA) is 26.0 Å². The SMILES string of the molecule is Cc1cccc2c1CCC(C)(CC1C=CC(CN)C1)C2. The molecule has 2 N–H and O–H groups in total. The summed E-state index contributed by atoms with van der Waals surface area (Å²) < 4.78 is 0. The van der Waals surface area contributed by atoms with E-state index in [0.29, 0.717) is 11.3 Å². The van der Waals surface area contributed by atoms with Gasteiger partial charge in [0.1, 0.15) is 0 Å². The van der Waals surface area contributed by atoms with Gasteiger partial charge < -0.3 is 5.73 Å². The zero-order chi connectivity index (χ0) is 14.2. The molecule has 3 atom stereocenters. The van der Waals surface area contributed by atoms with Crippen LogP contribution in [0.15, 0.2) is 30.4 Å². The Balaban J connectivity index is 1.71. The molecular weight excluding hydrogens is 242 g/mol. The molecule has 20 heavy (non-hydrogen) atoms. The molecule has 1 nitrogen and oxygen atoms in total. The Morgan fingerprint density at radius 1 is 1.25 bits per heavy atom. The minimum atomic E-state index is 0.472. The fourth-order valence-corrected chi connectivity index (χ4v) is 4.25. The number of allylic oxidation sites excluding steroid dienone is 1. The standard InChI is InChI=1S/C19H27N/c1-14-4-3-5-17-12-19(2,9-8-18(14)17)11-15-6-7-16(10-15)13-20/h3-7,15-16H,8-13,20H2,1-2H3. The van der Waals surface area contributed by atoms with Crippen molar-refractivity contribution < 1.29 is 0 Å². The average Bonchev–Trinajstić information content (AvgIpc) is 2.85. The van der Waals surface area contributed by atoms with Crippen LogP contribution in [0, 0.1) is 24.2 Å². The molecule has 0 aliphatic heterocycles. The van der Waals surface area contributed by atoms with Crippen LogP contribution in [0.4, 0.5) is 0 Å². The number of hydrogen-bond donors (Lipinski definition) is 1. The molecule has 2 aliphatic carbocycles. The second kappa shape index (κ2) is 5.37. The fourth-order valence-electron chi connectivity index (χ4n) is 4.25. The van der Waals surface area contributed by atoms with Crippen molar-refractivity contribution in [2.45, 2.75) is 46.0 Å². The van der Waals surface area contributed by atoms with Gasteiger partial charge in [0.15, 0.2) is 0 Å². The molecule has 0 amide bonds. The number of aryl methyl sites for hydroxylation is 1. The molecule has 1 aromatic rings. The Kier molecular flexibility index (Phi) is 3.72. The minimum Gasteiger partial charge on any atom is -0.330 e. The summed E-state index contributed by atoms with van der Waals surface area (Å²) >= 11 is 0. The first-order chi connectivity index (χ1) is 9.59. The normalized spacial score (nSPS) is 32.4. The summed E-state index contributed by atoms with van der Waals surface area (Å²) in [7, 11) is 0. The van der Waals surface area contributed by atoms with Gasteiger partial charge in [-0.1, -0.05) is 37.3 Å². The lowest BCUT2D eigenvalue weighted by molar-refractivity contribution is 0.220. The molecule has 0 spiro atoms. The molecule has 0 saturated heterocycles. The minimum absolute atomic E-state index is 0.472. The lowest BCUT2D eigenvalue weighted by Gasteiger charge is -2.37. The van der Waals surface area contributed by atoms with Crippen LogP contribution in [0.1, 0.15) is 42.9 Å². The van der Waals surface area contributed by atoms with Crippen molar-refractivity contribution in [2.75, 3.05) is 6.54 Å². The van der Waals surface area contributed by atoms with E-state index in [-0.39, 0.29) is 0 Å². The summed E-state index contributed by atoms with van der Waals surface area (Å²) in [4.78, 5) is 0. The van der Waals surface area contributed by atoms with Gasteiger partial charge in [-0.25, -0.2) is 0 Å². The highest BCUT2D eigenvalue weighted by atomic mass is 14.5. The second-order valence-electron chi connectivity index (χ2n) is 7.28.